The molecule has 0 aromatic rings. The van der Waals surface area contributed by atoms with Crippen LogP contribution in [0.1, 0.15) is 26.7 Å². The highest BCUT2D eigenvalue weighted by Gasteiger charge is 2.25. The van der Waals surface area contributed by atoms with Crippen molar-refractivity contribution < 1.29 is 17.9 Å². The summed E-state index contributed by atoms with van der Waals surface area (Å²) in [4.78, 5) is 11.6. The highest BCUT2D eigenvalue weighted by Crippen LogP contribution is 2.04. The van der Waals surface area contributed by atoms with Gasteiger partial charge in [-0.1, -0.05) is 0 Å². The fourth-order valence-electron chi connectivity index (χ4n) is 1.91. The molecular formula is C12H24N2O4S. The number of hydrogen-bond acceptors (Lipinski definition) is 5. The zero-order valence-electron chi connectivity index (χ0n) is 11.6. The molecule has 1 aliphatic rings. The molecule has 0 aromatic heterocycles. The Hall–Kier alpha value is -0.660. The lowest BCUT2D eigenvalue weighted by Gasteiger charge is -2.23. The van der Waals surface area contributed by atoms with Crippen LogP contribution in [0, 0.1) is 0 Å². The van der Waals surface area contributed by atoms with Crippen molar-refractivity contribution in [3.05, 3.63) is 0 Å². The van der Waals surface area contributed by atoms with Crippen LogP contribution in [0.25, 0.3) is 0 Å². The van der Waals surface area contributed by atoms with Gasteiger partial charge in [-0.3, -0.25) is 4.79 Å². The van der Waals surface area contributed by atoms with Crippen molar-refractivity contribution in [2.45, 2.75) is 38.8 Å². The predicted molar refractivity (Wildman–Crippen MR) is 73.8 cm³/mol. The van der Waals surface area contributed by atoms with Gasteiger partial charge in [0.1, 0.15) is 0 Å². The van der Waals surface area contributed by atoms with E-state index >= 15 is 0 Å². The molecule has 19 heavy (non-hydrogen) atoms. The Bertz CT molecular complexity index is 381. The summed E-state index contributed by atoms with van der Waals surface area (Å²) in [6.45, 7) is 5.54. The Balaban J connectivity index is 2.14. The summed E-state index contributed by atoms with van der Waals surface area (Å²) in [5.41, 5.74) is 0. The summed E-state index contributed by atoms with van der Waals surface area (Å²) >= 11 is 0. The van der Waals surface area contributed by atoms with E-state index in [0.717, 1.165) is 6.42 Å². The van der Waals surface area contributed by atoms with E-state index < -0.39 is 9.84 Å². The minimum atomic E-state index is -2.98. The Kier molecular flexibility index (Phi) is 6.74. The van der Waals surface area contributed by atoms with Gasteiger partial charge in [-0.05, 0) is 20.3 Å². The van der Waals surface area contributed by atoms with Crippen molar-refractivity contribution in [1.82, 2.24) is 10.6 Å². The number of amides is 1. The zero-order chi connectivity index (χ0) is 14.3. The first-order valence-corrected chi connectivity index (χ1v) is 8.53. The van der Waals surface area contributed by atoms with Gasteiger partial charge in [0.05, 0.1) is 17.6 Å². The van der Waals surface area contributed by atoms with E-state index in [1.807, 2.05) is 13.8 Å². The molecule has 0 radical (unpaired) electrons. The van der Waals surface area contributed by atoms with E-state index in [0.29, 0.717) is 19.7 Å². The third kappa shape index (κ3) is 7.49. The molecular weight excluding hydrogens is 268 g/mol. The second-order valence-electron chi connectivity index (χ2n) is 5.09. The molecule has 6 nitrogen and oxygen atoms in total. The SMILES string of the molecule is CC(C)OCCCNC(=O)CC1CS(=O)(=O)CCN1. The molecule has 112 valence electrons. The smallest absolute Gasteiger partial charge is 0.221 e. The maximum absolute atomic E-state index is 11.6. The van der Waals surface area contributed by atoms with Gasteiger partial charge < -0.3 is 15.4 Å². The first kappa shape index (κ1) is 16.4. The normalized spacial score (nSPS) is 22.4. The lowest BCUT2D eigenvalue weighted by molar-refractivity contribution is -0.121. The molecule has 7 heteroatoms. The second kappa shape index (κ2) is 7.81. The van der Waals surface area contributed by atoms with Crippen LogP contribution in [0.4, 0.5) is 0 Å². The van der Waals surface area contributed by atoms with E-state index in [4.69, 9.17) is 4.74 Å². The van der Waals surface area contributed by atoms with Crippen LogP contribution in [0.5, 0.6) is 0 Å². The summed E-state index contributed by atoms with van der Waals surface area (Å²) in [6.07, 6.45) is 1.18. The van der Waals surface area contributed by atoms with Crippen LogP contribution in [0.2, 0.25) is 0 Å². The molecule has 0 bridgehead atoms. The van der Waals surface area contributed by atoms with Gasteiger partial charge in [-0.2, -0.15) is 0 Å². The topological polar surface area (TPSA) is 84.5 Å². The number of carbonyl (C=O) groups is 1. The first-order chi connectivity index (χ1) is 8.89. The Morgan fingerprint density at radius 1 is 1.47 bits per heavy atom. The largest absolute Gasteiger partial charge is 0.379 e. The first-order valence-electron chi connectivity index (χ1n) is 6.71. The molecule has 1 fully saturated rings. The summed E-state index contributed by atoms with van der Waals surface area (Å²) in [7, 11) is -2.98. The molecule has 0 spiro atoms. The minimum absolute atomic E-state index is 0.0525. The molecule has 1 amide bonds. The van der Waals surface area contributed by atoms with Crippen LogP contribution >= 0.6 is 0 Å². The van der Waals surface area contributed by atoms with E-state index in [2.05, 4.69) is 10.6 Å². The number of ether oxygens (including phenoxy) is 1. The van der Waals surface area contributed by atoms with Gasteiger partial charge in [-0.25, -0.2) is 8.42 Å². The number of sulfone groups is 1. The lowest BCUT2D eigenvalue weighted by Crippen LogP contribution is -2.47. The number of nitrogens with one attached hydrogen (secondary N) is 2. The van der Waals surface area contributed by atoms with E-state index in [1.165, 1.54) is 0 Å². The summed E-state index contributed by atoms with van der Waals surface area (Å²) in [5, 5.41) is 5.83. The number of rotatable bonds is 7. The van der Waals surface area contributed by atoms with Crippen molar-refractivity contribution in [1.29, 1.82) is 0 Å². The standard InChI is InChI=1S/C12H24N2O4S/c1-10(2)18-6-3-4-14-12(15)8-11-9-19(16,17)7-5-13-11/h10-11,13H,3-9H2,1-2H3,(H,14,15). The Labute approximate surface area is 115 Å². The number of hydrogen-bond donors (Lipinski definition) is 2. The average molecular weight is 292 g/mol. The summed E-state index contributed by atoms with van der Waals surface area (Å²) < 4.78 is 28.2. The van der Waals surface area contributed by atoms with Gasteiger partial charge in [-0.15, -0.1) is 0 Å². The van der Waals surface area contributed by atoms with Gasteiger partial charge in [0.25, 0.3) is 0 Å². The van der Waals surface area contributed by atoms with Crippen LogP contribution in [0.3, 0.4) is 0 Å². The van der Waals surface area contributed by atoms with E-state index in [1.54, 1.807) is 0 Å². The molecule has 1 heterocycles. The fraction of sp³-hybridized carbons (Fsp3) is 0.917. The van der Waals surface area contributed by atoms with Gasteiger partial charge in [0.2, 0.25) is 5.91 Å². The van der Waals surface area contributed by atoms with Crippen LogP contribution < -0.4 is 10.6 Å². The van der Waals surface area contributed by atoms with E-state index in [9.17, 15) is 13.2 Å². The highest BCUT2D eigenvalue weighted by atomic mass is 32.2. The van der Waals surface area contributed by atoms with Gasteiger partial charge >= 0.3 is 0 Å². The molecule has 1 atom stereocenters. The molecule has 1 aliphatic heterocycles. The second-order valence-corrected chi connectivity index (χ2v) is 7.32. The average Bonchev–Trinajstić information content (AvgIpc) is 2.26. The summed E-state index contributed by atoms with van der Waals surface area (Å²) in [6, 6.07) is -0.259. The van der Waals surface area contributed by atoms with Crippen molar-refractivity contribution in [3.63, 3.8) is 0 Å². The molecule has 0 aliphatic carbocycles. The van der Waals surface area contributed by atoms with Crippen molar-refractivity contribution in [2.24, 2.45) is 0 Å². The zero-order valence-corrected chi connectivity index (χ0v) is 12.5. The van der Waals surface area contributed by atoms with Crippen LogP contribution in [-0.2, 0) is 19.4 Å². The maximum Gasteiger partial charge on any atom is 0.221 e. The monoisotopic (exact) mass is 292 g/mol. The maximum atomic E-state index is 11.6. The van der Waals surface area contributed by atoms with Crippen molar-refractivity contribution in [3.8, 4) is 0 Å². The number of carbonyl (C=O) groups excluding carboxylic acids is 1. The van der Waals surface area contributed by atoms with E-state index in [-0.39, 0.29) is 36.0 Å². The third-order valence-corrected chi connectivity index (χ3v) is 4.56. The lowest BCUT2D eigenvalue weighted by atomic mass is 10.2. The molecule has 0 saturated carbocycles. The third-order valence-electron chi connectivity index (χ3n) is 2.83. The van der Waals surface area contributed by atoms with Crippen LogP contribution in [0.15, 0.2) is 0 Å². The molecule has 1 unspecified atom stereocenters. The Morgan fingerprint density at radius 2 is 2.21 bits per heavy atom. The molecule has 2 N–H and O–H groups in total. The minimum Gasteiger partial charge on any atom is -0.379 e. The summed E-state index contributed by atoms with van der Waals surface area (Å²) in [5.74, 6) is 0.105. The Morgan fingerprint density at radius 3 is 2.84 bits per heavy atom. The van der Waals surface area contributed by atoms with Crippen molar-refractivity contribution >= 4 is 15.7 Å². The highest BCUT2D eigenvalue weighted by molar-refractivity contribution is 7.91. The van der Waals surface area contributed by atoms with Gasteiger partial charge in [0.15, 0.2) is 9.84 Å². The fourth-order valence-corrected chi connectivity index (χ4v) is 3.36. The molecule has 1 saturated heterocycles. The molecule has 1 rings (SSSR count). The van der Waals surface area contributed by atoms with Crippen molar-refractivity contribution in [2.75, 3.05) is 31.2 Å². The quantitative estimate of drug-likeness (QED) is 0.629. The van der Waals surface area contributed by atoms with Gasteiger partial charge in [0, 0.05) is 32.2 Å². The van der Waals surface area contributed by atoms with Crippen LogP contribution in [-0.4, -0.2) is 57.7 Å². The predicted octanol–water partition coefficient (Wildman–Crippen LogP) is -0.306. The molecule has 0 aromatic carbocycles.